The molecule has 6 heteroatoms. The van der Waals surface area contributed by atoms with E-state index in [0.29, 0.717) is 12.2 Å². The molecule has 1 aromatic rings. The third kappa shape index (κ3) is 3.63. The summed E-state index contributed by atoms with van der Waals surface area (Å²) in [6, 6.07) is 1.40. The number of ether oxygens (including phenoxy) is 1. The van der Waals surface area contributed by atoms with Gasteiger partial charge in [-0.1, -0.05) is 23.2 Å². The zero-order chi connectivity index (χ0) is 12.1. The molecule has 1 N–H and O–H groups in total. The lowest BCUT2D eigenvalue weighted by Gasteiger charge is -2.12. The Hall–Kier alpha value is -0.840. The van der Waals surface area contributed by atoms with Gasteiger partial charge < -0.3 is 10.1 Å². The number of rotatable bonds is 4. The molecule has 0 spiro atoms. The van der Waals surface area contributed by atoms with Crippen LogP contribution in [0.15, 0.2) is 12.3 Å². The molecule has 0 aliphatic heterocycles. The fourth-order valence-electron chi connectivity index (χ4n) is 1.14. The summed E-state index contributed by atoms with van der Waals surface area (Å²) >= 11 is 11.4. The maximum Gasteiger partial charge on any atom is 0.253 e. The van der Waals surface area contributed by atoms with Gasteiger partial charge in [-0.2, -0.15) is 0 Å². The third-order valence-electron chi connectivity index (χ3n) is 1.85. The summed E-state index contributed by atoms with van der Waals surface area (Å²) in [4.78, 5) is 15.5. The Morgan fingerprint density at radius 3 is 2.88 bits per heavy atom. The predicted molar refractivity (Wildman–Crippen MR) is 63.1 cm³/mol. The largest absolute Gasteiger partial charge is 0.383 e. The number of carbonyl (C=O) groups excluding carboxylic acids is 1. The van der Waals surface area contributed by atoms with Crippen molar-refractivity contribution in [2.75, 3.05) is 13.7 Å². The van der Waals surface area contributed by atoms with Crippen molar-refractivity contribution in [3.63, 3.8) is 0 Å². The molecule has 0 fully saturated rings. The summed E-state index contributed by atoms with van der Waals surface area (Å²) in [6.07, 6.45) is 1.38. The van der Waals surface area contributed by atoms with Crippen molar-refractivity contribution in [1.82, 2.24) is 10.3 Å². The molecule has 0 saturated heterocycles. The molecule has 0 bridgehead atoms. The number of nitrogens with zero attached hydrogens (tertiary/aromatic N) is 1. The molecular weight excluding hydrogens is 251 g/mol. The monoisotopic (exact) mass is 262 g/mol. The number of hydrogen-bond donors (Lipinski definition) is 1. The lowest BCUT2D eigenvalue weighted by Crippen LogP contribution is -2.35. The molecule has 4 nitrogen and oxygen atoms in total. The van der Waals surface area contributed by atoms with Crippen molar-refractivity contribution in [1.29, 1.82) is 0 Å². The van der Waals surface area contributed by atoms with E-state index in [4.69, 9.17) is 27.9 Å². The van der Waals surface area contributed by atoms with Crippen molar-refractivity contribution in [3.8, 4) is 0 Å². The lowest BCUT2D eigenvalue weighted by atomic mass is 10.2. The van der Waals surface area contributed by atoms with Crippen LogP contribution in [0.3, 0.4) is 0 Å². The smallest absolute Gasteiger partial charge is 0.253 e. The van der Waals surface area contributed by atoms with Gasteiger partial charge in [0.15, 0.2) is 0 Å². The number of hydrogen-bond acceptors (Lipinski definition) is 3. The van der Waals surface area contributed by atoms with Crippen molar-refractivity contribution < 1.29 is 9.53 Å². The molecule has 88 valence electrons. The van der Waals surface area contributed by atoms with Crippen LogP contribution in [-0.4, -0.2) is 30.6 Å². The zero-order valence-electron chi connectivity index (χ0n) is 8.96. The van der Waals surface area contributed by atoms with Crippen molar-refractivity contribution in [2.24, 2.45) is 0 Å². The topological polar surface area (TPSA) is 51.2 Å². The fourth-order valence-corrected chi connectivity index (χ4v) is 1.41. The van der Waals surface area contributed by atoms with E-state index in [-0.39, 0.29) is 22.1 Å². The zero-order valence-corrected chi connectivity index (χ0v) is 10.5. The Morgan fingerprint density at radius 2 is 2.31 bits per heavy atom. The van der Waals surface area contributed by atoms with Crippen LogP contribution >= 0.6 is 23.2 Å². The number of halogens is 2. The van der Waals surface area contributed by atoms with Crippen molar-refractivity contribution in [3.05, 3.63) is 28.0 Å². The van der Waals surface area contributed by atoms with Crippen molar-refractivity contribution >= 4 is 29.1 Å². The van der Waals surface area contributed by atoms with Gasteiger partial charge in [0.2, 0.25) is 0 Å². The van der Waals surface area contributed by atoms with Crippen LogP contribution < -0.4 is 5.32 Å². The Balaban J connectivity index is 2.69. The fraction of sp³-hybridized carbons (Fsp3) is 0.400. The van der Waals surface area contributed by atoms with E-state index in [1.807, 2.05) is 6.92 Å². The summed E-state index contributed by atoms with van der Waals surface area (Å²) in [6.45, 7) is 2.28. The number of methoxy groups -OCH3 is 1. The van der Waals surface area contributed by atoms with Gasteiger partial charge >= 0.3 is 0 Å². The van der Waals surface area contributed by atoms with Gasteiger partial charge in [0.25, 0.3) is 5.91 Å². The maximum atomic E-state index is 11.7. The van der Waals surface area contributed by atoms with Gasteiger partial charge in [-0.25, -0.2) is 4.98 Å². The van der Waals surface area contributed by atoms with E-state index in [1.165, 1.54) is 12.3 Å². The molecule has 0 aliphatic rings. The quantitative estimate of drug-likeness (QED) is 0.847. The molecule has 0 radical (unpaired) electrons. The Bertz CT molecular complexity index is 385. The van der Waals surface area contributed by atoms with Crippen LogP contribution in [0.25, 0.3) is 0 Å². The highest BCUT2D eigenvalue weighted by molar-refractivity contribution is 6.41. The summed E-state index contributed by atoms with van der Waals surface area (Å²) in [7, 11) is 1.57. The number of carbonyl (C=O) groups is 1. The molecule has 1 rings (SSSR count). The number of aromatic nitrogens is 1. The highest BCUT2D eigenvalue weighted by atomic mass is 35.5. The first kappa shape index (κ1) is 13.2. The molecule has 16 heavy (non-hydrogen) atoms. The average molecular weight is 263 g/mol. The SMILES string of the molecule is COC[C@H](C)NC(=O)c1cnc(Cl)c(Cl)c1. The molecule has 0 aliphatic carbocycles. The highest BCUT2D eigenvalue weighted by Crippen LogP contribution is 2.19. The molecule has 1 amide bonds. The summed E-state index contributed by atoms with van der Waals surface area (Å²) in [5.74, 6) is -0.254. The Kier molecular flexibility index (Phi) is 4.99. The minimum Gasteiger partial charge on any atom is -0.383 e. The standard InChI is InChI=1S/C10H12Cl2N2O2/c1-6(5-16-2)14-10(15)7-3-8(11)9(12)13-4-7/h3-4,6H,5H2,1-2H3,(H,14,15)/t6-/m0/s1. The van der Waals surface area contributed by atoms with Crippen LogP contribution in [0.2, 0.25) is 10.2 Å². The first-order valence-corrected chi connectivity index (χ1v) is 5.41. The maximum absolute atomic E-state index is 11.7. The van der Waals surface area contributed by atoms with E-state index >= 15 is 0 Å². The molecule has 0 aromatic carbocycles. The van der Waals surface area contributed by atoms with Gasteiger partial charge in [0.1, 0.15) is 5.15 Å². The van der Waals surface area contributed by atoms with Crippen LogP contribution in [0.5, 0.6) is 0 Å². The van der Waals surface area contributed by atoms with Gasteiger partial charge in [0, 0.05) is 19.3 Å². The van der Waals surface area contributed by atoms with E-state index in [1.54, 1.807) is 7.11 Å². The summed E-state index contributed by atoms with van der Waals surface area (Å²) in [5.41, 5.74) is 0.373. The summed E-state index contributed by atoms with van der Waals surface area (Å²) < 4.78 is 4.91. The van der Waals surface area contributed by atoms with Crippen LogP contribution in [0.4, 0.5) is 0 Å². The number of nitrogens with one attached hydrogen (secondary N) is 1. The lowest BCUT2D eigenvalue weighted by molar-refractivity contribution is 0.0905. The van der Waals surface area contributed by atoms with Gasteiger partial charge in [-0.3, -0.25) is 4.79 Å². The number of amides is 1. The second-order valence-corrected chi connectivity index (χ2v) is 4.09. The molecule has 1 atom stereocenters. The Morgan fingerprint density at radius 1 is 1.62 bits per heavy atom. The predicted octanol–water partition coefficient (Wildman–Crippen LogP) is 2.15. The first-order valence-electron chi connectivity index (χ1n) is 4.65. The van der Waals surface area contributed by atoms with Crippen molar-refractivity contribution in [2.45, 2.75) is 13.0 Å². The normalized spacial score (nSPS) is 12.2. The second-order valence-electron chi connectivity index (χ2n) is 3.33. The van der Waals surface area contributed by atoms with E-state index in [9.17, 15) is 4.79 Å². The number of pyridine rings is 1. The summed E-state index contributed by atoms with van der Waals surface area (Å²) in [5, 5.41) is 3.18. The van der Waals surface area contributed by atoms with E-state index < -0.39 is 0 Å². The van der Waals surface area contributed by atoms with E-state index in [0.717, 1.165) is 0 Å². The minimum absolute atomic E-state index is 0.0769. The molecule has 0 unspecified atom stereocenters. The van der Waals surface area contributed by atoms with E-state index in [2.05, 4.69) is 10.3 Å². The third-order valence-corrected chi connectivity index (χ3v) is 2.54. The van der Waals surface area contributed by atoms with Crippen LogP contribution in [0, 0.1) is 0 Å². The minimum atomic E-state index is -0.254. The van der Waals surface area contributed by atoms with Crippen LogP contribution in [0.1, 0.15) is 17.3 Å². The average Bonchev–Trinajstić information content (AvgIpc) is 2.22. The molecule has 1 heterocycles. The van der Waals surface area contributed by atoms with Gasteiger partial charge in [-0.15, -0.1) is 0 Å². The molecular formula is C10H12Cl2N2O2. The van der Waals surface area contributed by atoms with Crippen LogP contribution in [-0.2, 0) is 4.74 Å². The first-order chi connectivity index (χ1) is 7.54. The van der Waals surface area contributed by atoms with Gasteiger partial charge in [0.05, 0.1) is 17.2 Å². The molecule has 0 saturated carbocycles. The second kappa shape index (κ2) is 6.03. The van der Waals surface area contributed by atoms with Gasteiger partial charge in [-0.05, 0) is 13.0 Å². The molecule has 1 aromatic heterocycles. The Labute approximate surface area is 104 Å². The highest BCUT2D eigenvalue weighted by Gasteiger charge is 2.11.